The Morgan fingerprint density at radius 3 is 2.52 bits per heavy atom. The number of carbonyl (C=O) groups excluding carboxylic acids is 2. The standard InChI is InChI=1S/C20H22Cl2N2O5/c1-3-27-10-11-28-17-7-5-4-6-15(17)20(26)24-23-19(25)13(2)29-18-9-8-14(21)12-16(18)22/h4-9,12-13H,3,10-11H2,1-2H3,(H,23,25)(H,24,26). The van der Waals surface area contributed by atoms with E-state index in [9.17, 15) is 9.59 Å². The highest BCUT2D eigenvalue weighted by Gasteiger charge is 2.18. The average molecular weight is 441 g/mol. The summed E-state index contributed by atoms with van der Waals surface area (Å²) in [6.07, 6.45) is -0.910. The lowest BCUT2D eigenvalue weighted by molar-refractivity contribution is -0.128. The van der Waals surface area contributed by atoms with Crippen molar-refractivity contribution in [3.63, 3.8) is 0 Å². The molecule has 0 aliphatic heterocycles. The maximum absolute atomic E-state index is 12.4. The Kier molecular flexibility index (Phi) is 9.05. The molecule has 2 amide bonds. The fourth-order valence-corrected chi connectivity index (χ4v) is 2.69. The lowest BCUT2D eigenvalue weighted by atomic mass is 10.2. The van der Waals surface area contributed by atoms with E-state index < -0.39 is 17.9 Å². The van der Waals surface area contributed by atoms with Gasteiger partial charge in [-0.1, -0.05) is 35.3 Å². The number of para-hydroxylation sites is 1. The Morgan fingerprint density at radius 1 is 1.03 bits per heavy atom. The van der Waals surface area contributed by atoms with Crippen molar-refractivity contribution in [1.82, 2.24) is 10.9 Å². The highest BCUT2D eigenvalue weighted by Crippen LogP contribution is 2.28. The van der Waals surface area contributed by atoms with Crippen molar-refractivity contribution in [1.29, 1.82) is 0 Å². The van der Waals surface area contributed by atoms with Crippen LogP contribution in [0.1, 0.15) is 24.2 Å². The van der Waals surface area contributed by atoms with E-state index in [4.69, 9.17) is 37.4 Å². The molecule has 0 saturated carbocycles. The molecule has 1 atom stereocenters. The summed E-state index contributed by atoms with van der Waals surface area (Å²) >= 11 is 11.9. The fraction of sp³-hybridized carbons (Fsp3) is 0.300. The SMILES string of the molecule is CCOCCOc1ccccc1C(=O)NNC(=O)C(C)Oc1ccc(Cl)cc1Cl. The van der Waals surface area contributed by atoms with E-state index in [2.05, 4.69) is 10.9 Å². The fourth-order valence-electron chi connectivity index (χ4n) is 2.24. The minimum Gasteiger partial charge on any atom is -0.490 e. The third kappa shape index (κ3) is 7.12. The predicted octanol–water partition coefficient (Wildman–Crippen LogP) is 3.64. The zero-order valence-electron chi connectivity index (χ0n) is 16.0. The summed E-state index contributed by atoms with van der Waals surface area (Å²) in [5, 5.41) is 0.730. The summed E-state index contributed by atoms with van der Waals surface area (Å²) in [5.41, 5.74) is 4.95. The van der Waals surface area contributed by atoms with Gasteiger partial charge in [-0.25, -0.2) is 0 Å². The third-order valence-electron chi connectivity index (χ3n) is 3.69. The molecule has 0 radical (unpaired) electrons. The molecule has 2 aromatic carbocycles. The van der Waals surface area contributed by atoms with Crippen molar-refractivity contribution in [2.24, 2.45) is 0 Å². The summed E-state index contributed by atoms with van der Waals surface area (Å²) in [6, 6.07) is 11.4. The van der Waals surface area contributed by atoms with E-state index >= 15 is 0 Å². The van der Waals surface area contributed by atoms with Crippen LogP contribution in [0.4, 0.5) is 0 Å². The first kappa shape index (κ1) is 22.8. The molecule has 0 heterocycles. The second-order valence-corrected chi connectivity index (χ2v) is 6.66. The molecule has 0 aliphatic rings. The highest BCUT2D eigenvalue weighted by molar-refractivity contribution is 6.35. The topological polar surface area (TPSA) is 85.9 Å². The van der Waals surface area contributed by atoms with Crippen LogP contribution >= 0.6 is 23.2 Å². The van der Waals surface area contributed by atoms with Gasteiger partial charge in [0.15, 0.2) is 6.10 Å². The molecule has 0 aromatic heterocycles. The summed E-state index contributed by atoms with van der Waals surface area (Å²) in [4.78, 5) is 24.6. The molecule has 2 rings (SSSR count). The molecule has 29 heavy (non-hydrogen) atoms. The smallest absolute Gasteiger partial charge is 0.279 e. The summed E-state index contributed by atoms with van der Waals surface area (Å²) in [5.74, 6) is -0.393. The summed E-state index contributed by atoms with van der Waals surface area (Å²) < 4.78 is 16.3. The van der Waals surface area contributed by atoms with Crippen molar-refractivity contribution in [2.45, 2.75) is 20.0 Å². The van der Waals surface area contributed by atoms with Crippen LogP contribution in [0.5, 0.6) is 11.5 Å². The van der Waals surface area contributed by atoms with Gasteiger partial charge in [-0.05, 0) is 44.2 Å². The minimum atomic E-state index is -0.910. The zero-order chi connectivity index (χ0) is 21.2. The molecule has 2 aromatic rings. The van der Waals surface area contributed by atoms with Crippen LogP contribution in [0.25, 0.3) is 0 Å². The van der Waals surface area contributed by atoms with Gasteiger partial charge in [0.25, 0.3) is 11.8 Å². The quantitative estimate of drug-likeness (QED) is 0.459. The van der Waals surface area contributed by atoms with Crippen molar-refractivity contribution < 1.29 is 23.8 Å². The number of hydrogen-bond donors (Lipinski definition) is 2. The maximum Gasteiger partial charge on any atom is 0.279 e. The predicted molar refractivity (Wildman–Crippen MR) is 111 cm³/mol. The zero-order valence-corrected chi connectivity index (χ0v) is 17.5. The summed E-state index contributed by atoms with van der Waals surface area (Å²) in [6.45, 7) is 4.70. The molecule has 7 nitrogen and oxygen atoms in total. The molecular weight excluding hydrogens is 419 g/mol. The normalized spacial score (nSPS) is 11.4. The number of hydrogen-bond acceptors (Lipinski definition) is 5. The molecule has 9 heteroatoms. The van der Waals surface area contributed by atoms with E-state index in [0.717, 1.165) is 0 Å². The second-order valence-electron chi connectivity index (χ2n) is 5.82. The van der Waals surface area contributed by atoms with Crippen LogP contribution in [-0.2, 0) is 9.53 Å². The lowest BCUT2D eigenvalue weighted by Crippen LogP contribution is -2.47. The van der Waals surface area contributed by atoms with Gasteiger partial charge in [-0.15, -0.1) is 0 Å². The van der Waals surface area contributed by atoms with Gasteiger partial charge in [0.1, 0.15) is 18.1 Å². The van der Waals surface area contributed by atoms with Crippen LogP contribution in [-0.4, -0.2) is 37.7 Å². The second kappa shape index (κ2) is 11.5. The minimum absolute atomic E-state index is 0.276. The Balaban J connectivity index is 1.90. The van der Waals surface area contributed by atoms with Gasteiger partial charge < -0.3 is 14.2 Å². The molecule has 0 saturated heterocycles. The highest BCUT2D eigenvalue weighted by atomic mass is 35.5. The van der Waals surface area contributed by atoms with Gasteiger partial charge in [0.2, 0.25) is 0 Å². The number of halogens is 2. The largest absolute Gasteiger partial charge is 0.490 e. The monoisotopic (exact) mass is 440 g/mol. The molecule has 0 bridgehead atoms. The number of amides is 2. The van der Waals surface area contributed by atoms with Crippen molar-refractivity contribution >= 4 is 35.0 Å². The molecule has 0 spiro atoms. The van der Waals surface area contributed by atoms with Gasteiger partial charge in [-0.2, -0.15) is 0 Å². The number of carbonyl (C=O) groups is 2. The first-order valence-electron chi connectivity index (χ1n) is 8.93. The van der Waals surface area contributed by atoms with Gasteiger partial charge >= 0.3 is 0 Å². The van der Waals surface area contributed by atoms with Crippen LogP contribution < -0.4 is 20.3 Å². The number of rotatable bonds is 9. The van der Waals surface area contributed by atoms with Crippen LogP contribution in [0.2, 0.25) is 10.0 Å². The van der Waals surface area contributed by atoms with Gasteiger partial charge in [0, 0.05) is 11.6 Å². The Bertz CT molecular complexity index is 847. The van der Waals surface area contributed by atoms with E-state index in [1.54, 1.807) is 36.4 Å². The summed E-state index contributed by atoms with van der Waals surface area (Å²) in [7, 11) is 0. The van der Waals surface area contributed by atoms with Crippen LogP contribution in [0, 0.1) is 0 Å². The Morgan fingerprint density at radius 2 is 1.79 bits per heavy atom. The number of ether oxygens (including phenoxy) is 3. The Hall–Kier alpha value is -2.48. The van der Waals surface area contributed by atoms with Crippen LogP contribution in [0.15, 0.2) is 42.5 Å². The molecule has 0 fully saturated rings. The lowest BCUT2D eigenvalue weighted by Gasteiger charge is -2.16. The van der Waals surface area contributed by atoms with Crippen molar-refractivity contribution in [3.8, 4) is 11.5 Å². The van der Waals surface area contributed by atoms with E-state index in [1.807, 2.05) is 6.92 Å². The molecule has 0 aliphatic carbocycles. The number of hydrazine groups is 1. The van der Waals surface area contributed by atoms with Gasteiger partial charge in [-0.3, -0.25) is 20.4 Å². The van der Waals surface area contributed by atoms with E-state index in [1.165, 1.54) is 13.0 Å². The molecular formula is C20H22Cl2N2O5. The first-order valence-corrected chi connectivity index (χ1v) is 9.69. The van der Waals surface area contributed by atoms with Crippen molar-refractivity contribution in [3.05, 3.63) is 58.1 Å². The molecule has 156 valence electrons. The molecule has 2 N–H and O–H groups in total. The first-order chi connectivity index (χ1) is 13.9. The number of nitrogens with one attached hydrogen (secondary N) is 2. The van der Waals surface area contributed by atoms with E-state index in [0.29, 0.717) is 36.3 Å². The maximum atomic E-state index is 12.4. The Labute approximate surface area is 179 Å². The number of benzene rings is 2. The third-order valence-corrected chi connectivity index (χ3v) is 4.22. The van der Waals surface area contributed by atoms with Crippen molar-refractivity contribution in [2.75, 3.05) is 19.8 Å². The van der Waals surface area contributed by atoms with E-state index in [-0.39, 0.29) is 10.6 Å². The molecule has 1 unspecified atom stereocenters. The average Bonchev–Trinajstić information content (AvgIpc) is 2.71. The van der Waals surface area contributed by atoms with Gasteiger partial charge in [0.05, 0.1) is 17.2 Å². The van der Waals surface area contributed by atoms with Crippen LogP contribution in [0.3, 0.4) is 0 Å².